The zero-order valence-corrected chi connectivity index (χ0v) is 13.9. The normalized spacial score (nSPS) is 22.6. The highest BCUT2D eigenvalue weighted by Crippen LogP contribution is 2.23. The van der Waals surface area contributed by atoms with Crippen molar-refractivity contribution in [1.82, 2.24) is 20.4 Å². The average molecular weight is 328 g/mol. The van der Waals surface area contributed by atoms with Crippen molar-refractivity contribution in [2.24, 2.45) is 0 Å². The van der Waals surface area contributed by atoms with Crippen molar-refractivity contribution < 1.29 is 9.26 Å². The lowest BCUT2D eigenvalue weighted by Crippen LogP contribution is -2.33. The lowest BCUT2D eigenvalue weighted by Gasteiger charge is -2.26. The van der Waals surface area contributed by atoms with Crippen LogP contribution in [0.2, 0.25) is 0 Å². The van der Waals surface area contributed by atoms with Crippen LogP contribution in [0.3, 0.4) is 0 Å². The molecule has 0 amide bonds. The summed E-state index contributed by atoms with van der Waals surface area (Å²) in [6, 6.07) is 8.45. The van der Waals surface area contributed by atoms with E-state index in [0.717, 1.165) is 25.2 Å². The quantitative estimate of drug-likeness (QED) is 0.930. The summed E-state index contributed by atoms with van der Waals surface area (Å²) in [5.74, 6) is 1.19. The van der Waals surface area contributed by atoms with Crippen LogP contribution in [0.5, 0.6) is 0 Å². The highest BCUT2D eigenvalue weighted by Gasteiger charge is 2.22. The molecule has 2 fully saturated rings. The Balaban J connectivity index is 1.47. The summed E-state index contributed by atoms with van der Waals surface area (Å²) in [7, 11) is 0. The lowest BCUT2D eigenvalue weighted by molar-refractivity contribution is 0.00755. The second kappa shape index (κ2) is 7.42. The number of rotatable bonds is 4. The Morgan fingerprint density at radius 2 is 2.12 bits per heavy atom. The number of ether oxygens (including phenoxy) is 1. The molecule has 1 N–H and O–H groups in total. The highest BCUT2D eigenvalue weighted by atomic mass is 16.5. The second-order valence-electron chi connectivity index (χ2n) is 6.56. The SMILES string of the molecule is c1cc(CN2CCCCC2)cc(-c2noc([C@H]3CNCCO3)n2)c1. The molecule has 6 nitrogen and oxygen atoms in total. The summed E-state index contributed by atoms with van der Waals surface area (Å²) in [5, 5.41) is 7.42. The first-order valence-electron chi connectivity index (χ1n) is 8.86. The molecule has 2 aliphatic rings. The zero-order chi connectivity index (χ0) is 16.2. The molecule has 0 spiro atoms. The molecule has 128 valence electrons. The van der Waals surface area contributed by atoms with Crippen LogP contribution in [-0.4, -0.2) is 47.8 Å². The van der Waals surface area contributed by atoms with E-state index in [1.165, 1.54) is 37.9 Å². The maximum Gasteiger partial charge on any atom is 0.257 e. The number of nitrogens with zero attached hydrogens (tertiary/aromatic N) is 3. The molecule has 1 aromatic carbocycles. The Kier molecular flexibility index (Phi) is 4.87. The molecule has 0 unspecified atom stereocenters. The van der Waals surface area contributed by atoms with Gasteiger partial charge in [-0.3, -0.25) is 4.90 Å². The highest BCUT2D eigenvalue weighted by molar-refractivity contribution is 5.55. The van der Waals surface area contributed by atoms with E-state index in [1.807, 2.05) is 6.07 Å². The van der Waals surface area contributed by atoms with E-state index in [1.54, 1.807) is 0 Å². The van der Waals surface area contributed by atoms with Gasteiger partial charge in [0.15, 0.2) is 0 Å². The molecule has 3 heterocycles. The van der Waals surface area contributed by atoms with E-state index in [4.69, 9.17) is 9.26 Å². The third-order valence-electron chi connectivity index (χ3n) is 4.68. The zero-order valence-electron chi connectivity index (χ0n) is 13.9. The molecule has 6 heteroatoms. The van der Waals surface area contributed by atoms with Crippen molar-refractivity contribution in [2.75, 3.05) is 32.8 Å². The van der Waals surface area contributed by atoms with Crippen molar-refractivity contribution in [2.45, 2.75) is 31.9 Å². The molecule has 1 atom stereocenters. The molecular weight excluding hydrogens is 304 g/mol. The van der Waals surface area contributed by atoms with Crippen LogP contribution in [-0.2, 0) is 11.3 Å². The van der Waals surface area contributed by atoms with Gasteiger partial charge in [0.05, 0.1) is 6.61 Å². The lowest BCUT2D eigenvalue weighted by atomic mass is 10.1. The Bertz CT molecular complexity index is 661. The monoisotopic (exact) mass is 328 g/mol. The predicted molar refractivity (Wildman–Crippen MR) is 90.4 cm³/mol. The smallest absolute Gasteiger partial charge is 0.257 e. The first-order valence-corrected chi connectivity index (χ1v) is 8.86. The van der Waals surface area contributed by atoms with E-state index in [2.05, 4.69) is 38.6 Å². The molecule has 4 rings (SSSR count). The Labute approximate surface area is 142 Å². The van der Waals surface area contributed by atoms with Gasteiger partial charge in [0.1, 0.15) is 6.10 Å². The van der Waals surface area contributed by atoms with Crippen LogP contribution >= 0.6 is 0 Å². The maximum atomic E-state index is 5.67. The summed E-state index contributed by atoms with van der Waals surface area (Å²) in [6.07, 6.45) is 3.84. The van der Waals surface area contributed by atoms with Gasteiger partial charge in [0, 0.05) is 25.2 Å². The Morgan fingerprint density at radius 3 is 2.96 bits per heavy atom. The largest absolute Gasteiger partial charge is 0.366 e. The van der Waals surface area contributed by atoms with E-state index in [-0.39, 0.29) is 6.10 Å². The standard InChI is InChI=1S/C18H24N4O2/c1-2-8-22(9-3-1)13-14-5-4-6-15(11-14)17-20-18(24-21-17)16-12-19-7-10-23-16/h4-6,11,16,19H,1-3,7-10,12-13H2/t16-/m1/s1. The van der Waals surface area contributed by atoms with Crippen LogP contribution in [0.1, 0.15) is 36.8 Å². The number of morpholine rings is 1. The third-order valence-corrected chi connectivity index (χ3v) is 4.68. The number of aromatic nitrogens is 2. The maximum absolute atomic E-state index is 5.67. The van der Waals surface area contributed by atoms with Crippen LogP contribution in [0.25, 0.3) is 11.4 Å². The molecule has 0 radical (unpaired) electrons. The van der Waals surface area contributed by atoms with Crippen molar-refractivity contribution >= 4 is 0 Å². The van der Waals surface area contributed by atoms with Crippen LogP contribution < -0.4 is 5.32 Å². The summed E-state index contributed by atoms with van der Waals surface area (Å²) in [4.78, 5) is 7.06. The molecule has 0 bridgehead atoms. The minimum atomic E-state index is -0.142. The molecule has 24 heavy (non-hydrogen) atoms. The van der Waals surface area contributed by atoms with Gasteiger partial charge in [-0.1, -0.05) is 29.8 Å². The number of hydrogen-bond donors (Lipinski definition) is 1. The van der Waals surface area contributed by atoms with Gasteiger partial charge in [-0.25, -0.2) is 0 Å². The predicted octanol–water partition coefficient (Wildman–Crippen LogP) is 2.38. The van der Waals surface area contributed by atoms with Crippen molar-refractivity contribution in [3.05, 3.63) is 35.7 Å². The molecule has 2 aromatic rings. The van der Waals surface area contributed by atoms with Gasteiger partial charge in [-0.05, 0) is 37.6 Å². The Morgan fingerprint density at radius 1 is 1.21 bits per heavy atom. The molecule has 1 aromatic heterocycles. The summed E-state index contributed by atoms with van der Waals surface area (Å²) >= 11 is 0. The first kappa shape index (κ1) is 15.7. The number of piperidine rings is 1. The first-order chi connectivity index (χ1) is 11.9. The van der Waals surface area contributed by atoms with Crippen LogP contribution in [0.4, 0.5) is 0 Å². The van der Waals surface area contributed by atoms with Gasteiger partial charge >= 0.3 is 0 Å². The third kappa shape index (κ3) is 3.66. The van der Waals surface area contributed by atoms with Crippen molar-refractivity contribution in [3.63, 3.8) is 0 Å². The van der Waals surface area contributed by atoms with Gasteiger partial charge in [0.25, 0.3) is 5.89 Å². The number of nitrogens with one attached hydrogen (secondary N) is 1. The molecule has 2 aliphatic heterocycles. The van der Waals surface area contributed by atoms with E-state index in [9.17, 15) is 0 Å². The van der Waals surface area contributed by atoms with E-state index in [0.29, 0.717) is 18.3 Å². The number of likely N-dealkylation sites (tertiary alicyclic amines) is 1. The van der Waals surface area contributed by atoms with E-state index < -0.39 is 0 Å². The minimum Gasteiger partial charge on any atom is -0.366 e. The summed E-state index contributed by atoms with van der Waals surface area (Å²) < 4.78 is 11.1. The minimum absolute atomic E-state index is 0.142. The summed E-state index contributed by atoms with van der Waals surface area (Å²) in [5.41, 5.74) is 2.31. The number of hydrogen-bond acceptors (Lipinski definition) is 6. The van der Waals surface area contributed by atoms with Gasteiger partial charge < -0.3 is 14.6 Å². The fourth-order valence-electron chi connectivity index (χ4n) is 3.39. The van der Waals surface area contributed by atoms with Crippen LogP contribution in [0.15, 0.2) is 28.8 Å². The second-order valence-corrected chi connectivity index (χ2v) is 6.56. The molecular formula is C18H24N4O2. The molecule has 0 aliphatic carbocycles. The van der Waals surface area contributed by atoms with E-state index >= 15 is 0 Å². The topological polar surface area (TPSA) is 63.4 Å². The fourth-order valence-corrected chi connectivity index (χ4v) is 3.39. The van der Waals surface area contributed by atoms with Crippen molar-refractivity contribution in [3.8, 4) is 11.4 Å². The average Bonchev–Trinajstić information content (AvgIpc) is 3.14. The van der Waals surface area contributed by atoms with Gasteiger partial charge in [-0.2, -0.15) is 4.98 Å². The van der Waals surface area contributed by atoms with Crippen LogP contribution in [0, 0.1) is 0 Å². The Hall–Kier alpha value is -1.76. The molecule has 0 saturated carbocycles. The number of benzene rings is 1. The summed E-state index contributed by atoms with van der Waals surface area (Å²) in [6.45, 7) is 5.65. The van der Waals surface area contributed by atoms with Gasteiger partial charge in [0.2, 0.25) is 5.82 Å². The van der Waals surface area contributed by atoms with Gasteiger partial charge in [-0.15, -0.1) is 0 Å². The molecule has 2 saturated heterocycles. The van der Waals surface area contributed by atoms with Crippen molar-refractivity contribution in [1.29, 1.82) is 0 Å². The fraction of sp³-hybridized carbons (Fsp3) is 0.556.